The zero-order valence-electron chi connectivity index (χ0n) is 13.4. The van der Waals surface area contributed by atoms with Gasteiger partial charge >= 0.3 is 0 Å². The van der Waals surface area contributed by atoms with Gasteiger partial charge in [-0.15, -0.1) is 0 Å². The van der Waals surface area contributed by atoms with Crippen LogP contribution in [0, 0.1) is 6.92 Å². The number of rotatable bonds is 4. The second-order valence-corrected chi connectivity index (χ2v) is 6.59. The summed E-state index contributed by atoms with van der Waals surface area (Å²) in [6, 6.07) is 14.4. The minimum atomic E-state index is 0.0875. The summed E-state index contributed by atoms with van der Waals surface area (Å²) in [5.74, 6) is 0.998. The van der Waals surface area contributed by atoms with Gasteiger partial charge in [0, 0.05) is 12.1 Å². The van der Waals surface area contributed by atoms with Crippen LogP contribution in [-0.4, -0.2) is 6.61 Å². The van der Waals surface area contributed by atoms with Gasteiger partial charge in [0.15, 0.2) is 0 Å². The third-order valence-electron chi connectivity index (χ3n) is 3.57. The molecule has 0 unspecified atom stereocenters. The van der Waals surface area contributed by atoms with Gasteiger partial charge in [-0.3, -0.25) is 0 Å². The number of anilines is 1. The fourth-order valence-corrected chi connectivity index (χ4v) is 2.33. The lowest BCUT2D eigenvalue weighted by Crippen LogP contribution is -2.14. The first-order chi connectivity index (χ1) is 9.86. The van der Waals surface area contributed by atoms with E-state index < -0.39 is 0 Å². The van der Waals surface area contributed by atoms with Crippen LogP contribution in [0.5, 0.6) is 5.75 Å². The maximum absolute atomic E-state index is 6.05. The first-order valence-corrected chi connectivity index (χ1v) is 7.44. The molecule has 0 fully saturated rings. The summed E-state index contributed by atoms with van der Waals surface area (Å²) < 4.78 is 6.05. The van der Waals surface area contributed by atoms with Crippen molar-refractivity contribution < 1.29 is 4.74 Å². The number of ether oxygens (including phenoxy) is 1. The summed E-state index contributed by atoms with van der Waals surface area (Å²) in [5, 5.41) is 0. The molecule has 0 saturated carbocycles. The van der Waals surface area contributed by atoms with E-state index in [2.05, 4.69) is 58.0 Å². The molecule has 2 aromatic carbocycles. The van der Waals surface area contributed by atoms with Crippen molar-refractivity contribution >= 4 is 5.69 Å². The summed E-state index contributed by atoms with van der Waals surface area (Å²) in [5.41, 5.74) is 10.3. The van der Waals surface area contributed by atoms with Gasteiger partial charge in [0.25, 0.3) is 0 Å². The van der Waals surface area contributed by atoms with Gasteiger partial charge in [-0.05, 0) is 47.2 Å². The third kappa shape index (κ3) is 4.25. The Kier molecular flexibility index (Phi) is 4.56. The minimum absolute atomic E-state index is 0.0875. The van der Waals surface area contributed by atoms with Crippen LogP contribution in [0.3, 0.4) is 0 Å². The lowest BCUT2D eigenvalue weighted by atomic mass is 9.86. The maximum atomic E-state index is 6.05. The van der Waals surface area contributed by atoms with Crippen LogP contribution < -0.4 is 10.5 Å². The molecule has 2 heteroatoms. The third-order valence-corrected chi connectivity index (χ3v) is 3.57. The van der Waals surface area contributed by atoms with E-state index in [1.165, 1.54) is 16.7 Å². The van der Waals surface area contributed by atoms with Crippen molar-refractivity contribution in [3.8, 4) is 5.75 Å². The van der Waals surface area contributed by atoms with Gasteiger partial charge in [-0.25, -0.2) is 0 Å². The Labute approximate surface area is 127 Å². The smallest absolute Gasteiger partial charge is 0.123 e. The highest BCUT2D eigenvalue weighted by atomic mass is 16.5. The Balaban J connectivity index is 2.06. The number of aryl methyl sites for hydroxylation is 1. The van der Waals surface area contributed by atoms with E-state index in [0.717, 1.165) is 17.9 Å². The highest BCUT2D eigenvalue weighted by molar-refractivity contribution is 5.42. The number of nitrogens with two attached hydrogens (primary N) is 1. The molecule has 2 N–H and O–H groups in total. The Morgan fingerprint density at radius 2 is 1.67 bits per heavy atom. The molecule has 2 nitrogen and oxygen atoms in total. The molecule has 112 valence electrons. The second kappa shape index (κ2) is 6.21. The average molecular weight is 283 g/mol. The van der Waals surface area contributed by atoms with Crippen molar-refractivity contribution in [3.05, 3.63) is 59.2 Å². The van der Waals surface area contributed by atoms with E-state index >= 15 is 0 Å². The molecule has 2 rings (SSSR count). The van der Waals surface area contributed by atoms with Gasteiger partial charge in [0.1, 0.15) is 5.75 Å². The predicted molar refractivity (Wildman–Crippen MR) is 89.9 cm³/mol. The summed E-state index contributed by atoms with van der Waals surface area (Å²) in [6.45, 7) is 9.41. The lowest BCUT2D eigenvalue weighted by molar-refractivity contribution is 0.312. The topological polar surface area (TPSA) is 35.2 Å². The fraction of sp³-hybridized carbons (Fsp3) is 0.368. The van der Waals surface area contributed by atoms with Crippen molar-refractivity contribution in [2.75, 3.05) is 12.3 Å². The van der Waals surface area contributed by atoms with Crippen LogP contribution in [0.25, 0.3) is 0 Å². The normalized spacial score (nSPS) is 11.4. The van der Waals surface area contributed by atoms with Gasteiger partial charge in [0.05, 0.1) is 6.61 Å². The van der Waals surface area contributed by atoms with Crippen LogP contribution >= 0.6 is 0 Å². The monoisotopic (exact) mass is 283 g/mol. The van der Waals surface area contributed by atoms with E-state index in [1.807, 2.05) is 12.1 Å². The molecular formula is C19H25NO. The van der Waals surface area contributed by atoms with Gasteiger partial charge in [-0.2, -0.15) is 0 Å². The standard InChI is InChI=1S/C19H25NO/c1-14-5-10-17(19(2,3)4)18(13-14)21-12-11-15-6-8-16(20)9-7-15/h5-10,13H,11-12,20H2,1-4H3. The highest BCUT2D eigenvalue weighted by Crippen LogP contribution is 2.32. The molecule has 0 aromatic heterocycles. The zero-order valence-corrected chi connectivity index (χ0v) is 13.4. The fourth-order valence-electron chi connectivity index (χ4n) is 2.33. The molecule has 0 aliphatic carbocycles. The Morgan fingerprint density at radius 3 is 2.29 bits per heavy atom. The van der Waals surface area contributed by atoms with E-state index in [9.17, 15) is 0 Å². The number of hydrogen-bond acceptors (Lipinski definition) is 2. The van der Waals surface area contributed by atoms with Crippen molar-refractivity contribution in [1.82, 2.24) is 0 Å². The molecule has 0 saturated heterocycles. The Bertz CT molecular complexity index is 594. The minimum Gasteiger partial charge on any atom is -0.493 e. The van der Waals surface area contributed by atoms with Crippen molar-refractivity contribution in [3.63, 3.8) is 0 Å². The molecule has 0 atom stereocenters. The lowest BCUT2D eigenvalue weighted by Gasteiger charge is -2.23. The summed E-state index contributed by atoms with van der Waals surface area (Å²) in [6.07, 6.45) is 0.887. The molecule has 0 radical (unpaired) electrons. The van der Waals surface area contributed by atoms with Crippen LogP contribution in [0.1, 0.15) is 37.5 Å². The molecular weight excluding hydrogens is 258 g/mol. The van der Waals surface area contributed by atoms with Gasteiger partial charge in [0.2, 0.25) is 0 Å². The molecule has 0 amide bonds. The Morgan fingerprint density at radius 1 is 1.00 bits per heavy atom. The van der Waals surface area contributed by atoms with Crippen molar-refractivity contribution in [2.24, 2.45) is 0 Å². The van der Waals surface area contributed by atoms with E-state index in [1.54, 1.807) is 0 Å². The van der Waals surface area contributed by atoms with E-state index in [-0.39, 0.29) is 5.41 Å². The molecule has 0 spiro atoms. The molecule has 0 aliphatic heterocycles. The molecule has 0 aliphatic rings. The van der Waals surface area contributed by atoms with Gasteiger partial charge in [-0.1, -0.05) is 45.0 Å². The largest absolute Gasteiger partial charge is 0.493 e. The SMILES string of the molecule is Cc1ccc(C(C)(C)C)c(OCCc2ccc(N)cc2)c1. The van der Waals surface area contributed by atoms with E-state index in [4.69, 9.17) is 10.5 Å². The maximum Gasteiger partial charge on any atom is 0.123 e. The van der Waals surface area contributed by atoms with Gasteiger partial charge < -0.3 is 10.5 Å². The summed E-state index contributed by atoms with van der Waals surface area (Å²) >= 11 is 0. The van der Waals surface area contributed by atoms with Crippen molar-refractivity contribution in [2.45, 2.75) is 39.5 Å². The van der Waals surface area contributed by atoms with Crippen LogP contribution in [-0.2, 0) is 11.8 Å². The number of nitrogen functional groups attached to an aromatic ring is 1. The molecule has 2 aromatic rings. The number of benzene rings is 2. The average Bonchev–Trinajstić information content (AvgIpc) is 2.40. The molecule has 21 heavy (non-hydrogen) atoms. The van der Waals surface area contributed by atoms with Crippen LogP contribution in [0.2, 0.25) is 0 Å². The second-order valence-electron chi connectivity index (χ2n) is 6.59. The van der Waals surface area contributed by atoms with Crippen LogP contribution in [0.15, 0.2) is 42.5 Å². The molecule has 0 heterocycles. The Hall–Kier alpha value is -1.96. The zero-order chi connectivity index (χ0) is 15.5. The van der Waals surface area contributed by atoms with E-state index in [0.29, 0.717) is 6.61 Å². The number of hydrogen-bond donors (Lipinski definition) is 1. The molecule has 0 bridgehead atoms. The summed E-state index contributed by atoms with van der Waals surface area (Å²) in [4.78, 5) is 0. The van der Waals surface area contributed by atoms with Crippen molar-refractivity contribution in [1.29, 1.82) is 0 Å². The quantitative estimate of drug-likeness (QED) is 0.839. The highest BCUT2D eigenvalue weighted by Gasteiger charge is 2.18. The van der Waals surface area contributed by atoms with Crippen LogP contribution in [0.4, 0.5) is 5.69 Å². The summed E-state index contributed by atoms with van der Waals surface area (Å²) in [7, 11) is 0. The predicted octanol–water partition coefficient (Wildman–Crippen LogP) is 4.50. The first-order valence-electron chi connectivity index (χ1n) is 7.44. The first kappa shape index (κ1) is 15.4.